The second-order valence-electron chi connectivity index (χ2n) is 4.40. The molecule has 1 aliphatic heterocycles. The number of rotatable bonds is 5. The zero-order valence-corrected chi connectivity index (χ0v) is 10.9. The maximum Gasteiger partial charge on any atom is 0.387 e. The van der Waals surface area contributed by atoms with Gasteiger partial charge >= 0.3 is 6.61 Å². The van der Waals surface area contributed by atoms with E-state index in [1.807, 2.05) is 0 Å². The largest absolute Gasteiger partial charge is 0.433 e. The number of carbonyl (C=O) groups excluding carboxylic acids is 1. The fourth-order valence-corrected chi connectivity index (χ4v) is 2.09. The minimum Gasteiger partial charge on any atom is -0.433 e. The maximum absolute atomic E-state index is 12.3. The first kappa shape index (κ1) is 14.7. The summed E-state index contributed by atoms with van der Waals surface area (Å²) in [5.41, 5.74) is 0.222. The number of para-hydroxylation sites is 2. The lowest BCUT2D eigenvalue weighted by Crippen LogP contribution is -2.39. The second kappa shape index (κ2) is 6.62. The Bertz CT molecular complexity index is 471. The van der Waals surface area contributed by atoms with E-state index < -0.39 is 6.61 Å². The number of anilines is 1. The molecule has 5 nitrogen and oxygen atoms in total. The van der Waals surface area contributed by atoms with Gasteiger partial charge in [-0.05, 0) is 19.2 Å². The summed E-state index contributed by atoms with van der Waals surface area (Å²) in [6, 6.07) is 6.00. The molecule has 0 saturated carbocycles. The molecule has 20 heavy (non-hydrogen) atoms. The second-order valence-corrected chi connectivity index (χ2v) is 4.40. The van der Waals surface area contributed by atoms with E-state index in [1.165, 1.54) is 12.1 Å². The molecule has 0 spiro atoms. The van der Waals surface area contributed by atoms with E-state index >= 15 is 0 Å². The Labute approximate surface area is 115 Å². The molecule has 1 aromatic carbocycles. The van der Waals surface area contributed by atoms with Crippen molar-refractivity contribution in [3.8, 4) is 5.75 Å². The smallest absolute Gasteiger partial charge is 0.387 e. The van der Waals surface area contributed by atoms with Crippen LogP contribution in [0, 0.1) is 5.92 Å². The molecule has 1 aromatic rings. The van der Waals surface area contributed by atoms with Crippen molar-refractivity contribution in [1.29, 1.82) is 0 Å². The minimum atomic E-state index is -2.94. The predicted octanol–water partition coefficient (Wildman–Crippen LogP) is 1.46. The highest BCUT2D eigenvalue weighted by Gasteiger charge is 2.33. The van der Waals surface area contributed by atoms with Crippen LogP contribution in [0.25, 0.3) is 0 Å². The SMILES string of the molecule is CNC1COCC1C(=O)Nc1ccccc1OC(F)F. The normalized spacial score (nSPS) is 22.0. The standard InChI is InChI=1S/C13H16F2N2O3/c1-16-10-7-19-6-8(10)12(18)17-9-4-2-3-5-11(9)20-13(14)15/h2-5,8,10,13,16H,6-7H2,1H3,(H,17,18). The highest BCUT2D eigenvalue weighted by Crippen LogP contribution is 2.26. The fraction of sp³-hybridized carbons (Fsp3) is 0.462. The molecule has 110 valence electrons. The topological polar surface area (TPSA) is 59.6 Å². The lowest BCUT2D eigenvalue weighted by atomic mass is 10.0. The van der Waals surface area contributed by atoms with Gasteiger partial charge in [0.1, 0.15) is 5.75 Å². The predicted molar refractivity (Wildman–Crippen MR) is 68.9 cm³/mol. The number of nitrogens with one attached hydrogen (secondary N) is 2. The molecule has 0 bridgehead atoms. The van der Waals surface area contributed by atoms with Gasteiger partial charge in [0.15, 0.2) is 0 Å². The van der Waals surface area contributed by atoms with Crippen LogP contribution in [0.1, 0.15) is 0 Å². The van der Waals surface area contributed by atoms with Crippen LogP contribution in [0.3, 0.4) is 0 Å². The summed E-state index contributed by atoms with van der Waals surface area (Å²) in [5, 5.41) is 5.60. The Morgan fingerprint density at radius 2 is 2.15 bits per heavy atom. The molecular weight excluding hydrogens is 270 g/mol. The average molecular weight is 286 g/mol. The zero-order chi connectivity index (χ0) is 14.5. The lowest BCUT2D eigenvalue weighted by Gasteiger charge is -2.17. The van der Waals surface area contributed by atoms with Crippen molar-refractivity contribution < 1.29 is 23.0 Å². The molecule has 2 N–H and O–H groups in total. The Morgan fingerprint density at radius 1 is 1.40 bits per heavy atom. The Kier molecular flexibility index (Phi) is 4.86. The Balaban J connectivity index is 2.07. The van der Waals surface area contributed by atoms with E-state index in [-0.39, 0.29) is 29.3 Å². The fourth-order valence-electron chi connectivity index (χ4n) is 2.09. The first-order chi connectivity index (χ1) is 9.61. The third-order valence-corrected chi connectivity index (χ3v) is 3.15. The van der Waals surface area contributed by atoms with Gasteiger partial charge in [0.05, 0.1) is 24.8 Å². The van der Waals surface area contributed by atoms with E-state index in [4.69, 9.17) is 4.74 Å². The minimum absolute atomic E-state index is 0.0595. The first-order valence-corrected chi connectivity index (χ1v) is 6.21. The van der Waals surface area contributed by atoms with Crippen molar-refractivity contribution in [2.45, 2.75) is 12.7 Å². The molecule has 1 heterocycles. The number of benzene rings is 1. The van der Waals surface area contributed by atoms with E-state index in [0.717, 1.165) is 0 Å². The molecule has 2 atom stereocenters. The third kappa shape index (κ3) is 3.43. The molecule has 0 aliphatic carbocycles. The van der Waals surface area contributed by atoms with E-state index in [1.54, 1.807) is 19.2 Å². The summed E-state index contributed by atoms with van der Waals surface area (Å²) < 4.78 is 34.2. The van der Waals surface area contributed by atoms with Gasteiger partial charge in [-0.1, -0.05) is 12.1 Å². The van der Waals surface area contributed by atoms with Crippen LogP contribution in [-0.4, -0.2) is 38.8 Å². The van der Waals surface area contributed by atoms with Crippen LogP contribution < -0.4 is 15.4 Å². The zero-order valence-electron chi connectivity index (χ0n) is 10.9. The summed E-state index contributed by atoms with van der Waals surface area (Å²) in [6.07, 6.45) is 0. The highest BCUT2D eigenvalue weighted by atomic mass is 19.3. The van der Waals surface area contributed by atoms with Crippen molar-refractivity contribution >= 4 is 11.6 Å². The summed E-state index contributed by atoms with van der Waals surface area (Å²) in [4.78, 5) is 12.1. The number of halogens is 2. The Morgan fingerprint density at radius 3 is 2.85 bits per heavy atom. The van der Waals surface area contributed by atoms with E-state index in [9.17, 15) is 13.6 Å². The monoisotopic (exact) mass is 286 g/mol. The number of hydrogen-bond acceptors (Lipinski definition) is 4. The van der Waals surface area contributed by atoms with Gasteiger partial charge in [-0.2, -0.15) is 8.78 Å². The molecule has 1 fully saturated rings. The van der Waals surface area contributed by atoms with Gasteiger partial charge < -0.3 is 20.1 Å². The molecule has 0 radical (unpaired) electrons. The van der Waals surface area contributed by atoms with Crippen molar-refractivity contribution in [2.75, 3.05) is 25.6 Å². The molecular formula is C13H16F2N2O3. The molecule has 2 rings (SSSR count). The quantitative estimate of drug-likeness (QED) is 0.860. The van der Waals surface area contributed by atoms with Crippen LogP contribution in [0.5, 0.6) is 5.75 Å². The summed E-state index contributed by atoms with van der Waals surface area (Å²) >= 11 is 0. The van der Waals surface area contributed by atoms with E-state index in [2.05, 4.69) is 15.4 Å². The molecule has 0 aromatic heterocycles. The van der Waals surface area contributed by atoms with Crippen molar-refractivity contribution in [3.63, 3.8) is 0 Å². The molecule has 1 aliphatic rings. The first-order valence-electron chi connectivity index (χ1n) is 6.21. The van der Waals surface area contributed by atoms with Crippen LogP contribution in [0.2, 0.25) is 0 Å². The van der Waals surface area contributed by atoms with Crippen LogP contribution in [0.4, 0.5) is 14.5 Å². The number of likely N-dealkylation sites (N-methyl/N-ethyl adjacent to an activating group) is 1. The number of ether oxygens (including phenoxy) is 2. The Hall–Kier alpha value is -1.73. The van der Waals surface area contributed by atoms with Gasteiger partial charge in [0, 0.05) is 6.04 Å². The van der Waals surface area contributed by atoms with Gasteiger partial charge in [-0.25, -0.2) is 0 Å². The van der Waals surface area contributed by atoms with Crippen LogP contribution in [0.15, 0.2) is 24.3 Å². The lowest BCUT2D eigenvalue weighted by molar-refractivity contribution is -0.120. The highest BCUT2D eigenvalue weighted by molar-refractivity contribution is 5.94. The van der Waals surface area contributed by atoms with Crippen LogP contribution >= 0.6 is 0 Å². The van der Waals surface area contributed by atoms with Gasteiger partial charge in [-0.3, -0.25) is 4.79 Å². The van der Waals surface area contributed by atoms with E-state index in [0.29, 0.717) is 13.2 Å². The van der Waals surface area contributed by atoms with Gasteiger partial charge in [0.25, 0.3) is 0 Å². The summed E-state index contributed by atoms with van der Waals surface area (Å²) in [5.74, 6) is -0.706. The molecule has 1 amide bonds. The molecule has 7 heteroatoms. The van der Waals surface area contributed by atoms with Gasteiger partial charge in [0.2, 0.25) is 5.91 Å². The molecule has 1 saturated heterocycles. The van der Waals surface area contributed by atoms with Gasteiger partial charge in [-0.15, -0.1) is 0 Å². The number of hydrogen-bond donors (Lipinski definition) is 2. The molecule has 2 unspecified atom stereocenters. The number of carbonyl (C=O) groups is 1. The van der Waals surface area contributed by atoms with Crippen molar-refractivity contribution in [3.05, 3.63) is 24.3 Å². The third-order valence-electron chi connectivity index (χ3n) is 3.15. The summed E-state index contributed by atoms with van der Waals surface area (Å²) in [7, 11) is 1.74. The van der Waals surface area contributed by atoms with Crippen LogP contribution in [-0.2, 0) is 9.53 Å². The van der Waals surface area contributed by atoms with Crippen molar-refractivity contribution in [2.24, 2.45) is 5.92 Å². The van der Waals surface area contributed by atoms with Crippen molar-refractivity contribution in [1.82, 2.24) is 5.32 Å². The average Bonchev–Trinajstić information content (AvgIpc) is 2.88. The summed E-state index contributed by atoms with van der Waals surface area (Å²) in [6.45, 7) is -2.19. The number of amides is 1. The number of alkyl halides is 2. The maximum atomic E-state index is 12.3.